The fraction of sp³-hybridized carbons (Fsp3) is 0.412. The highest BCUT2D eigenvalue weighted by Gasteiger charge is 2.17. The van der Waals surface area contributed by atoms with Crippen LogP contribution in [-0.2, 0) is 0 Å². The lowest BCUT2D eigenvalue weighted by molar-refractivity contribution is 0.0701. The van der Waals surface area contributed by atoms with Gasteiger partial charge in [0.1, 0.15) is 15.6 Å². The van der Waals surface area contributed by atoms with E-state index in [-0.39, 0.29) is 4.88 Å². The molecule has 0 bridgehead atoms. The van der Waals surface area contributed by atoms with Crippen LogP contribution in [0.3, 0.4) is 0 Å². The van der Waals surface area contributed by atoms with E-state index in [0.717, 1.165) is 24.2 Å². The average Bonchev–Trinajstić information content (AvgIpc) is 2.89. The molecule has 0 aliphatic rings. The zero-order valence-electron chi connectivity index (χ0n) is 13.0. The maximum absolute atomic E-state index is 11.2. The van der Waals surface area contributed by atoms with Crippen LogP contribution >= 0.6 is 11.3 Å². The molecule has 4 nitrogen and oxygen atoms in total. The first-order chi connectivity index (χ1) is 10.6. The van der Waals surface area contributed by atoms with Crippen molar-refractivity contribution in [3.8, 4) is 16.3 Å². The summed E-state index contributed by atoms with van der Waals surface area (Å²) in [6.45, 7) is 4.58. The molecule has 0 aliphatic heterocycles. The first-order valence-corrected chi connectivity index (χ1v) is 8.38. The van der Waals surface area contributed by atoms with Crippen LogP contribution in [-0.4, -0.2) is 22.7 Å². The SMILES string of the molecule is CCCCCCOc1ccccc1-c1nc(C)c(C(=O)O)s1. The number of unbranched alkanes of at least 4 members (excludes halogenated alkanes) is 3. The maximum Gasteiger partial charge on any atom is 0.347 e. The van der Waals surface area contributed by atoms with E-state index in [0.29, 0.717) is 17.3 Å². The van der Waals surface area contributed by atoms with Crippen LogP contribution in [0.25, 0.3) is 10.6 Å². The van der Waals surface area contributed by atoms with Gasteiger partial charge in [0.25, 0.3) is 0 Å². The Hall–Kier alpha value is -1.88. The zero-order chi connectivity index (χ0) is 15.9. The number of nitrogens with zero attached hydrogens (tertiary/aromatic N) is 1. The maximum atomic E-state index is 11.2. The van der Waals surface area contributed by atoms with Crippen LogP contribution in [0.4, 0.5) is 0 Å². The molecular formula is C17H21NO3S. The second kappa shape index (κ2) is 7.94. The van der Waals surface area contributed by atoms with E-state index in [1.165, 1.54) is 24.2 Å². The summed E-state index contributed by atoms with van der Waals surface area (Å²) >= 11 is 1.19. The molecule has 0 amide bonds. The van der Waals surface area contributed by atoms with Gasteiger partial charge in [-0.3, -0.25) is 0 Å². The first-order valence-electron chi connectivity index (χ1n) is 7.56. The molecule has 1 aromatic carbocycles. The van der Waals surface area contributed by atoms with E-state index < -0.39 is 5.97 Å². The Morgan fingerprint density at radius 1 is 1.27 bits per heavy atom. The largest absolute Gasteiger partial charge is 0.493 e. The van der Waals surface area contributed by atoms with Crippen LogP contribution in [0, 0.1) is 6.92 Å². The standard InChI is InChI=1S/C17H21NO3S/c1-3-4-5-8-11-21-14-10-7-6-9-13(14)16-18-12(2)15(22-16)17(19)20/h6-7,9-10H,3-5,8,11H2,1-2H3,(H,19,20). The molecule has 0 saturated heterocycles. The summed E-state index contributed by atoms with van der Waals surface area (Å²) in [5.41, 5.74) is 1.41. The van der Waals surface area contributed by atoms with Gasteiger partial charge in [-0.05, 0) is 25.5 Å². The van der Waals surface area contributed by atoms with Crippen molar-refractivity contribution < 1.29 is 14.6 Å². The van der Waals surface area contributed by atoms with Crippen LogP contribution in [0.15, 0.2) is 24.3 Å². The number of para-hydroxylation sites is 1. The monoisotopic (exact) mass is 319 g/mol. The van der Waals surface area contributed by atoms with Gasteiger partial charge in [-0.1, -0.05) is 38.3 Å². The predicted molar refractivity (Wildman–Crippen MR) is 88.9 cm³/mol. The number of ether oxygens (including phenoxy) is 1. The molecule has 0 aliphatic carbocycles. The van der Waals surface area contributed by atoms with E-state index in [4.69, 9.17) is 9.84 Å². The lowest BCUT2D eigenvalue weighted by Crippen LogP contribution is -1.98. The van der Waals surface area contributed by atoms with Crippen molar-refractivity contribution in [3.05, 3.63) is 34.8 Å². The third-order valence-corrected chi connectivity index (χ3v) is 4.54. The molecule has 0 saturated carbocycles. The van der Waals surface area contributed by atoms with Crippen molar-refractivity contribution in [3.63, 3.8) is 0 Å². The summed E-state index contributed by atoms with van der Waals surface area (Å²) in [6, 6.07) is 7.66. The number of benzene rings is 1. The summed E-state index contributed by atoms with van der Waals surface area (Å²) in [5, 5.41) is 9.85. The van der Waals surface area contributed by atoms with Gasteiger partial charge in [0.05, 0.1) is 17.9 Å². The van der Waals surface area contributed by atoms with E-state index >= 15 is 0 Å². The second-order valence-electron chi connectivity index (χ2n) is 5.14. The number of aryl methyl sites for hydroxylation is 1. The van der Waals surface area contributed by atoms with E-state index in [1.54, 1.807) is 6.92 Å². The number of rotatable bonds is 8. The van der Waals surface area contributed by atoms with Gasteiger partial charge in [-0.15, -0.1) is 11.3 Å². The third-order valence-electron chi connectivity index (χ3n) is 3.36. The number of aromatic nitrogens is 1. The highest BCUT2D eigenvalue weighted by molar-refractivity contribution is 7.17. The van der Waals surface area contributed by atoms with Crippen molar-refractivity contribution in [1.29, 1.82) is 0 Å². The van der Waals surface area contributed by atoms with Crippen LogP contribution in [0.1, 0.15) is 48.0 Å². The van der Waals surface area contributed by atoms with Gasteiger partial charge >= 0.3 is 5.97 Å². The lowest BCUT2D eigenvalue weighted by Gasteiger charge is -2.09. The predicted octanol–water partition coefficient (Wildman–Crippen LogP) is 4.78. The quantitative estimate of drug-likeness (QED) is 0.712. The fourth-order valence-corrected chi connectivity index (χ4v) is 3.13. The molecule has 1 N–H and O–H groups in total. The van der Waals surface area contributed by atoms with Crippen LogP contribution < -0.4 is 4.74 Å². The number of hydrogen-bond donors (Lipinski definition) is 1. The number of aromatic carboxylic acids is 1. The van der Waals surface area contributed by atoms with E-state index in [2.05, 4.69) is 11.9 Å². The topological polar surface area (TPSA) is 59.4 Å². The first kappa shape index (κ1) is 16.5. The lowest BCUT2D eigenvalue weighted by atomic mass is 10.2. The molecule has 0 radical (unpaired) electrons. The highest BCUT2D eigenvalue weighted by Crippen LogP contribution is 2.34. The molecule has 2 rings (SSSR count). The van der Waals surface area contributed by atoms with Gasteiger partial charge in [0.15, 0.2) is 0 Å². The van der Waals surface area contributed by atoms with Gasteiger partial charge in [0.2, 0.25) is 0 Å². The summed E-state index contributed by atoms with van der Waals surface area (Å²) in [7, 11) is 0. The van der Waals surface area contributed by atoms with E-state index in [9.17, 15) is 4.79 Å². The third kappa shape index (κ3) is 4.07. The number of carboxylic acid groups (broad SMARTS) is 1. The Morgan fingerprint density at radius 2 is 2.05 bits per heavy atom. The van der Waals surface area contributed by atoms with Crippen molar-refractivity contribution in [2.45, 2.75) is 39.5 Å². The molecule has 0 fully saturated rings. The minimum Gasteiger partial charge on any atom is -0.493 e. The molecule has 1 aromatic heterocycles. The average molecular weight is 319 g/mol. The van der Waals surface area contributed by atoms with Gasteiger partial charge in [-0.25, -0.2) is 9.78 Å². The molecule has 118 valence electrons. The second-order valence-corrected chi connectivity index (χ2v) is 6.14. The number of carboxylic acids is 1. The van der Waals surface area contributed by atoms with Crippen LogP contribution in [0.2, 0.25) is 0 Å². The van der Waals surface area contributed by atoms with Crippen molar-refractivity contribution in [2.24, 2.45) is 0 Å². The smallest absolute Gasteiger partial charge is 0.347 e. The highest BCUT2D eigenvalue weighted by atomic mass is 32.1. The fourth-order valence-electron chi connectivity index (χ4n) is 2.19. The number of hydrogen-bond acceptors (Lipinski definition) is 4. The summed E-state index contributed by atoms with van der Waals surface area (Å²) in [5.74, 6) is -0.163. The van der Waals surface area contributed by atoms with Gasteiger partial charge in [-0.2, -0.15) is 0 Å². The Kier molecular flexibility index (Phi) is 5.95. The molecule has 5 heteroatoms. The van der Waals surface area contributed by atoms with Crippen molar-refractivity contribution in [1.82, 2.24) is 4.98 Å². The molecule has 22 heavy (non-hydrogen) atoms. The van der Waals surface area contributed by atoms with Crippen LogP contribution in [0.5, 0.6) is 5.75 Å². The molecule has 0 spiro atoms. The molecular weight excluding hydrogens is 298 g/mol. The van der Waals surface area contributed by atoms with Gasteiger partial charge < -0.3 is 9.84 Å². The van der Waals surface area contributed by atoms with Crippen molar-refractivity contribution >= 4 is 17.3 Å². The molecule has 0 atom stereocenters. The zero-order valence-corrected chi connectivity index (χ0v) is 13.8. The Labute approximate surface area is 134 Å². The molecule has 1 heterocycles. The number of carbonyl (C=O) groups is 1. The van der Waals surface area contributed by atoms with Crippen molar-refractivity contribution in [2.75, 3.05) is 6.61 Å². The Balaban J connectivity index is 2.14. The molecule has 0 unspecified atom stereocenters. The number of thiazole rings is 1. The Bertz CT molecular complexity index is 637. The molecule has 2 aromatic rings. The van der Waals surface area contributed by atoms with E-state index in [1.807, 2.05) is 24.3 Å². The van der Waals surface area contributed by atoms with Gasteiger partial charge in [0, 0.05) is 0 Å². The summed E-state index contributed by atoms with van der Waals surface area (Å²) < 4.78 is 5.87. The Morgan fingerprint density at radius 3 is 2.73 bits per heavy atom. The minimum absolute atomic E-state index is 0.285. The summed E-state index contributed by atoms with van der Waals surface area (Å²) in [6.07, 6.45) is 4.61. The summed E-state index contributed by atoms with van der Waals surface area (Å²) in [4.78, 5) is 15.8. The minimum atomic E-state index is -0.931. The normalized spacial score (nSPS) is 10.6.